The third-order valence-corrected chi connectivity index (χ3v) is 7.38. The van der Waals surface area contributed by atoms with Crippen molar-refractivity contribution in [1.29, 1.82) is 0 Å². The Kier molecular flexibility index (Phi) is 10.3. The van der Waals surface area contributed by atoms with E-state index in [-0.39, 0.29) is 41.6 Å². The van der Waals surface area contributed by atoms with Gasteiger partial charge in [-0.05, 0) is 83.4 Å². The van der Waals surface area contributed by atoms with E-state index in [1.807, 2.05) is 20.0 Å². The molecule has 8 nitrogen and oxygen atoms in total. The molecule has 0 aliphatic carbocycles. The molecule has 222 valence electrons. The van der Waals surface area contributed by atoms with Crippen LogP contribution in [-0.4, -0.2) is 64.0 Å². The number of aromatic nitrogens is 3. The standard InChI is InChI=1S/C29H35F3N6O2.ClH/c1-18(2)40-25-14-27-35-24(20-8-12-37(13-9-20)16-22(30)19-6-10-33-11-7-19)17-38(27)15-21(25)29(39)36-26-5-3-4-23(34-26)28(31)32;/h3-5,14-15,17-18,20,28,33H,6-13,16H2,1-2H3,(H,34,36,39);1H. The lowest BCUT2D eigenvalue weighted by Crippen LogP contribution is -2.34. The fraction of sp³-hybridized carbons (Fsp3) is 0.483. The zero-order chi connectivity index (χ0) is 28.2. The first-order chi connectivity index (χ1) is 19.3. The van der Waals surface area contributed by atoms with Gasteiger partial charge >= 0.3 is 0 Å². The van der Waals surface area contributed by atoms with Gasteiger partial charge in [-0.15, -0.1) is 12.4 Å². The third-order valence-electron chi connectivity index (χ3n) is 7.38. The van der Waals surface area contributed by atoms with E-state index in [0.29, 0.717) is 17.9 Å². The van der Waals surface area contributed by atoms with Crippen molar-refractivity contribution in [3.63, 3.8) is 0 Å². The van der Waals surface area contributed by atoms with Gasteiger partial charge in [0.15, 0.2) is 0 Å². The molecule has 3 aromatic rings. The second-order valence-electron chi connectivity index (χ2n) is 10.7. The van der Waals surface area contributed by atoms with Gasteiger partial charge in [0, 0.05) is 24.4 Å². The maximum atomic E-state index is 14.8. The van der Waals surface area contributed by atoms with Crippen LogP contribution < -0.4 is 15.4 Å². The van der Waals surface area contributed by atoms with Gasteiger partial charge in [-0.25, -0.2) is 23.1 Å². The molecule has 0 unspecified atom stereocenters. The smallest absolute Gasteiger partial charge is 0.280 e. The van der Waals surface area contributed by atoms with Gasteiger partial charge in [0.25, 0.3) is 12.3 Å². The SMILES string of the molecule is CC(C)Oc1cc2nc(C3CCN(CC(F)=C4CCNCC4)CC3)cn2cc1C(=O)Nc1cccc(C(F)F)n1.Cl. The largest absolute Gasteiger partial charge is 0.490 e. The summed E-state index contributed by atoms with van der Waals surface area (Å²) in [5.74, 6) is 0.0955. The van der Waals surface area contributed by atoms with Crippen molar-refractivity contribution < 1.29 is 22.7 Å². The number of likely N-dealkylation sites (tertiary alicyclic amines) is 1. The number of halogens is 4. The van der Waals surface area contributed by atoms with Crippen molar-refractivity contribution in [2.24, 2.45) is 0 Å². The van der Waals surface area contributed by atoms with E-state index in [1.165, 1.54) is 18.2 Å². The lowest BCUT2D eigenvalue weighted by molar-refractivity contribution is 0.101. The highest BCUT2D eigenvalue weighted by atomic mass is 35.5. The molecule has 2 aliphatic heterocycles. The summed E-state index contributed by atoms with van der Waals surface area (Å²) >= 11 is 0. The van der Waals surface area contributed by atoms with Crippen molar-refractivity contribution in [1.82, 2.24) is 24.6 Å². The number of piperidine rings is 2. The Hall–Kier alpha value is -3.15. The predicted octanol–water partition coefficient (Wildman–Crippen LogP) is 5.91. The molecule has 2 N–H and O–H groups in total. The Bertz CT molecular complexity index is 1380. The molecule has 5 heterocycles. The van der Waals surface area contributed by atoms with Crippen LogP contribution in [0.1, 0.15) is 73.6 Å². The first-order valence-corrected chi connectivity index (χ1v) is 13.8. The van der Waals surface area contributed by atoms with E-state index in [1.54, 1.807) is 16.7 Å². The van der Waals surface area contributed by atoms with Crippen molar-refractivity contribution in [2.75, 3.05) is 38.0 Å². The molecule has 0 aromatic carbocycles. The number of alkyl halides is 2. The maximum Gasteiger partial charge on any atom is 0.280 e. The van der Waals surface area contributed by atoms with Gasteiger partial charge in [-0.1, -0.05) is 6.07 Å². The number of ether oxygens (including phenoxy) is 1. The number of pyridine rings is 2. The predicted molar refractivity (Wildman–Crippen MR) is 154 cm³/mol. The number of hydrogen-bond donors (Lipinski definition) is 2. The number of hydrogen-bond acceptors (Lipinski definition) is 6. The zero-order valence-corrected chi connectivity index (χ0v) is 24.0. The summed E-state index contributed by atoms with van der Waals surface area (Å²) in [6.07, 6.45) is 3.91. The molecule has 0 bridgehead atoms. The molecule has 5 rings (SSSR count). The van der Waals surface area contributed by atoms with E-state index < -0.39 is 18.0 Å². The van der Waals surface area contributed by atoms with Crippen molar-refractivity contribution >= 4 is 29.8 Å². The van der Waals surface area contributed by atoms with Crippen LogP contribution in [0.4, 0.5) is 19.0 Å². The molecule has 2 saturated heterocycles. The van der Waals surface area contributed by atoms with Crippen LogP contribution in [0.15, 0.2) is 48.1 Å². The summed E-state index contributed by atoms with van der Waals surface area (Å²) in [6.45, 7) is 7.35. The number of nitrogens with zero attached hydrogens (tertiary/aromatic N) is 4. The fourth-order valence-corrected chi connectivity index (χ4v) is 5.28. The quantitative estimate of drug-likeness (QED) is 0.338. The molecule has 0 spiro atoms. The van der Waals surface area contributed by atoms with Crippen LogP contribution >= 0.6 is 12.4 Å². The minimum atomic E-state index is -2.74. The van der Waals surface area contributed by atoms with Crippen LogP contribution in [0.2, 0.25) is 0 Å². The van der Waals surface area contributed by atoms with E-state index >= 15 is 0 Å². The lowest BCUT2D eigenvalue weighted by atomic mass is 9.94. The van der Waals surface area contributed by atoms with Gasteiger partial charge in [0.05, 0.1) is 23.9 Å². The number of rotatable bonds is 8. The second-order valence-corrected chi connectivity index (χ2v) is 10.7. The summed E-state index contributed by atoms with van der Waals surface area (Å²) in [6, 6.07) is 5.81. The van der Waals surface area contributed by atoms with E-state index in [4.69, 9.17) is 9.72 Å². The minimum Gasteiger partial charge on any atom is -0.490 e. The zero-order valence-electron chi connectivity index (χ0n) is 23.2. The second kappa shape index (κ2) is 13.7. The van der Waals surface area contributed by atoms with Crippen LogP contribution in [0.3, 0.4) is 0 Å². The third kappa shape index (κ3) is 7.58. The Balaban J connectivity index is 0.00000387. The van der Waals surface area contributed by atoms with Crippen molar-refractivity contribution in [2.45, 2.75) is 58.0 Å². The number of carbonyl (C=O) groups excluding carboxylic acids is 1. The van der Waals surface area contributed by atoms with Crippen LogP contribution in [0, 0.1) is 0 Å². The lowest BCUT2D eigenvalue weighted by Gasteiger charge is -2.31. The topological polar surface area (TPSA) is 83.8 Å². The maximum absolute atomic E-state index is 14.8. The number of carbonyl (C=O) groups is 1. The highest BCUT2D eigenvalue weighted by Gasteiger charge is 2.25. The molecule has 0 atom stereocenters. The van der Waals surface area contributed by atoms with Gasteiger partial charge in [-0.2, -0.15) is 0 Å². The summed E-state index contributed by atoms with van der Waals surface area (Å²) < 4.78 is 48.6. The van der Waals surface area contributed by atoms with Gasteiger partial charge in [0.2, 0.25) is 0 Å². The highest BCUT2D eigenvalue weighted by Crippen LogP contribution is 2.31. The minimum absolute atomic E-state index is 0. The number of anilines is 1. The number of fused-ring (bicyclic) bond motifs is 1. The van der Waals surface area contributed by atoms with Gasteiger partial charge in [0.1, 0.15) is 28.7 Å². The molecule has 2 fully saturated rings. The van der Waals surface area contributed by atoms with Crippen LogP contribution in [0.25, 0.3) is 5.65 Å². The molecular formula is C29H36ClF3N6O2. The molecule has 12 heteroatoms. The Morgan fingerprint density at radius 2 is 1.88 bits per heavy atom. The average Bonchev–Trinajstić information content (AvgIpc) is 3.36. The summed E-state index contributed by atoms with van der Waals surface area (Å²) in [5.41, 5.74) is 2.33. The van der Waals surface area contributed by atoms with E-state index in [9.17, 15) is 18.0 Å². The van der Waals surface area contributed by atoms with Crippen molar-refractivity contribution in [3.8, 4) is 5.75 Å². The fourth-order valence-electron chi connectivity index (χ4n) is 5.28. The summed E-state index contributed by atoms with van der Waals surface area (Å²) in [5, 5.41) is 5.87. The first kappa shape index (κ1) is 30.8. The first-order valence-electron chi connectivity index (χ1n) is 13.8. The number of imidazole rings is 1. The van der Waals surface area contributed by atoms with Gasteiger partial charge in [-0.3, -0.25) is 9.69 Å². The molecule has 3 aromatic heterocycles. The monoisotopic (exact) mass is 592 g/mol. The van der Waals surface area contributed by atoms with Crippen LogP contribution in [0.5, 0.6) is 5.75 Å². The van der Waals surface area contributed by atoms with E-state index in [0.717, 1.165) is 63.1 Å². The molecule has 41 heavy (non-hydrogen) atoms. The Labute approximate surface area is 243 Å². The van der Waals surface area contributed by atoms with Crippen LogP contribution in [-0.2, 0) is 0 Å². The molecule has 0 saturated carbocycles. The number of amides is 1. The molecule has 2 aliphatic rings. The summed E-state index contributed by atoms with van der Waals surface area (Å²) in [4.78, 5) is 24.0. The number of nitrogens with one attached hydrogen (secondary N) is 2. The van der Waals surface area contributed by atoms with Crippen molar-refractivity contribution in [3.05, 3.63) is 65.0 Å². The van der Waals surface area contributed by atoms with Gasteiger partial charge < -0.3 is 19.8 Å². The molecule has 1 amide bonds. The molecular weight excluding hydrogens is 557 g/mol. The highest BCUT2D eigenvalue weighted by molar-refractivity contribution is 6.05. The molecule has 0 radical (unpaired) electrons. The summed E-state index contributed by atoms with van der Waals surface area (Å²) in [7, 11) is 0. The Morgan fingerprint density at radius 1 is 1.15 bits per heavy atom. The average molecular weight is 593 g/mol. The van der Waals surface area contributed by atoms with E-state index in [2.05, 4.69) is 20.5 Å². The normalized spacial score (nSPS) is 16.7. The Morgan fingerprint density at radius 3 is 2.56 bits per heavy atom.